The van der Waals surface area contributed by atoms with Crippen LogP contribution < -0.4 is 5.32 Å². The van der Waals surface area contributed by atoms with Gasteiger partial charge in [-0.25, -0.2) is 9.97 Å². The van der Waals surface area contributed by atoms with Crippen molar-refractivity contribution in [2.24, 2.45) is 0 Å². The molecule has 1 N–H and O–H groups in total. The average molecular weight is 204 g/mol. The van der Waals surface area contributed by atoms with Crippen LogP contribution >= 0.6 is 0 Å². The van der Waals surface area contributed by atoms with Crippen molar-refractivity contribution >= 4 is 11.6 Å². The van der Waals surface area contributed by atoms with Crippen LogP contribution in [0.5, 0.6) is 0 Å². The Balaban J connectivity index is 2.74. The summed E-state index contributed by atoms with van der Waals surface area (Å²) in [4.78, 5) is 19.8. The molecule has 5 nitrogen and oxygen atoms in total. The minimum absolute atomic E-state index is 0.213. The third-order valence-electron chi connectivity index (χ3n) is 2.26. The highest BCUT2D eigenvalue weighted by molar-refractivity contribution is 5.97. The van der Waals surface area contributed by atoms with Gasteiger partial charge in [0.15, 0.2) is 11.3 Å². The fourth-order valence-electron chi connectivity index (χ4n) is 1.56. The first-order chi connectivity index (χ1) is 7.13. The van der Waals surface area contributed by atoms with Crippen molar-refractivity contribution in [2.45, 2.75) is 13.8 Å². The van der Waals surface area contributed by atoms with Crippen LogP contribution in [0.3, 0.4) is 0 Å². The van der Waals surface area contributed by atoms with Crippen molar-refractivity contribution in [1.29, 1.82) is 0 Å². The number of fused-ring (bicyclic) bond motifs is 1. The molecule has 0 spiro atoms. The molecule has 0 unspecified atom stereocenters. The summed E-state index contributed by atoms with van der Waals surface area (Å²) in [6.07, 6.45) is 1.61. The Morgan fingerprint density at radius 1 is 1.47 bits per heavy atom. The molecule has 0 aliphatic rings. The van der Waals surface area contributed by atoms with Gasteiger partial charge in [0.05, 0.1) is 0 Å². The van der Waals surface area contributed by atoms with Gasteiger partial charge in [0.2, 0.25) is 0 Å². The third-order valence-corrected chi connectivity index (χ3v) is 2.26. The molecule has 2 aromatic heterocycles. The molecule has 0 aliphatic heterocycles. The van der Waals surface area contributed by atoms with Gasteiger partial charge in [-0.1, -0.05) is 0 Å². The van der Waals surface area contributed by atoms with Crippen LogP contribution in [0.2, 0.25) is 0 Å². The Morgan fingerprint density at radius 3 is 2.87 bits per heavy atom. The second kappa shape index (κ2) is 3.34. The van der Waals surface area contributed by atoms with Gasteiger partial charge < -0.3 is 5.32 Å². The van der Waals surface area contributed by atoms with Crippen molar-refractivity contribution < 1.29 is 4.79 Å². The first kappa shape index (κ1) is 9.64. The number of amides is 1. The number of hydrogen-bond donors (Lipinski definition) is 1. The van der Waals surface area contributed by atoms with Crippen molar-refractivity contribution in [3.8, 4) is 0 Å². The quantitative estimate of drug-likeness (QED) is 0.744. The summed E-state index contributed by atoms with van der Waals surface area (Å²) in [6.45, 7) is 3.85. The maximum Gasteiger partial charge on any atom is 0.273 e. The van der Waals surface area contributed by atoms with E-state index >= 15 is 0 Å². The van der Waals surface area contributed by atoms with Gasteiger partial charge in [0.1, 0.15) is 6.33 Å². The maximum atomic E-state index is 11.5. The van der Waals surface area contributed by atoms with Crippen LogP contribution in [-0.2, 0) is 0 Å². The normalized spacial score (nSPS) is 10.6. The molecule has 0 saturated carbocycles. The number of rotatable bonds is 1. The van der Waals surface area contributed by atoms with Crippen LogP contribution in [0, 0.1) is 13.8 Å². The monoisotopic (exact) mass is 204 g/mol. The Kier molecular flexibility index (Phi) is 2.15. The predicted molar refractivity (Wildman–Crippen MR) is 55.9 cm³/mol. The topological polar surface area (TPSA) is 59.3 Å². The molecule has 2 heterocycles. The van der Waals surface area contributed by atoms with Crippen molar-refractivity contribution in [1.82, 2.24) is 19.7 Å². The van der Waals surface area contributed by atoms with E-state index in [-0.39, 0.29) is 5.91 Å². The third kappa shape index (κ3) is 1.45. The van der Waals surface area contributed by atoms with Crippen LogP contribution in [0.25, 0.3) is 5.65 Å². The zero-order valence-electron chi connectivity index (χ0n) is 8.90. The van der Waals surface area contributed by atoms with Crippen LogP contribution in [0.1, 0.15) is 21.9 Å². The van der Waals surface area contributed by atoms with Gasteiger partial charge in [-0.05, 0) is 19.9 Å². The summed E-state index contributed by atoms with van der Waals surface area (Å²) in [6, 6.07) is 1.95. The lowest BCUT2D eigenvalue weighted by Crippen LogP contribution is -2.18. The number of hydrogen-bond acceptors (Lipinski definition) is 3. The van der Waals surface area contributed by atoms with Gasteiger partial charge in [0.25, 0.3) is 5.91 Å². The number of aromatic nitrogens is 3. The fraction of sp³-hybridized carbons (Fsp3) is 0.300. The zero-order valence-corrected chi connectivity index (χ0v) is 8.90. The first-order valence-corrected chi connectivity index (χ1v) is 4.67. The Bertz CT molecular complexity index is 529. The van der Waals surface area contributed by atoms with Crippen LogP contribution in [0.15, 0.2) is 12.4 Å². The molecule has 2 rings (SSSR count). The van der Waals surface area contributed by atoms with Crippen LogP contribution in [0.4, 0.5) is 0 Å². The van der Waals surface area contributed by atoms with Gasteiger partial charge in [-0.3, -0.25) is 9.20 Å². The lowest BCUT2D eigenvalue weighted by atomic mass is 10.3. The highest BCUT2D eigenvalue weighted by Crippen LogP contribution is 2.10. The molecule has 0 aromatic carbocycles. The number of imidazole rings is 1. The van der Waals surface area contributed by atoms with Crippen molar-refractivity contribution in [3.63, 3.8) is 0 Å². The lowest BCUT2D eigenvalue weighted by Gasteiger charge is -2.01. The molecule has 0 bridgehead atoms. The van der Waals surface area contributed by atoms with Crippen molar-refractivity contribution in [2.75, 3.05) is 7.05 Å². The molecule has 0 atom stereocenters. The van der Waals surface area contributed by atoms with E-state index in [0.29, 0.717) is 11.3 Å². The van der Waals surface area contributed by atoms with E-state index in [4.69, 9.17) is 0 Å². The Labute approximate surface area is 87.2 Å². The largest absolute Gasteiger partial charge is 0.354 e. The highest BCUT2D eigenvalue weighted by atomic mass is 16.1. The molecule has 0 saturated heterocycles. The lowest BCUT2D eigenvalue weighted by molar-refractivity contribution is 0.0960. The summed E-state index contributed by atoms with van der Waals surface area (Å²) in [5, 5.41) is 2.54. The summed E-state index contributed by atoms with van der Waals surface area (Å²) < 4.78 is 1.80. The van der Waals surface area contributed by atoms with E-state index in [9.17, 15) is 4.79 Å². The number of nitrogens with zero attached hydrogens (tertiary/aromatic N) is 3. The molecular weight excluding hydrogens is 192 g/mol. The molecule has 78 valence electrons. The van der Waals surface area contributed by atoms with Gasteiger partial charge in [-0.15, -0.1) is 0 Å². The second-order valence-electron chi connectivity index (χ2n) is 3.40. The fourth-order valence-corrected chi connectivity index (χ4v) is 1.56. The molecular formula is C10H12N4O. The summed E-state index contributed by atoms with van der Waals surface area (Å²) in [5.41, 5.74) is 2.86. The molecule has 1 amide bonds. The van der Waals surface area contributed by atoms with E-state index in [1.807, 2.05) is 19.9 Å². The molecule has 0 fully saturated rings. The van der Waals surface area contributed by atoms with Crippen LogP contribution in [-0.4, -0.2) is 27.3 Å². The number of carbonyl (C=O) groups is 1. The van der Waals surface area contributed by atoms with E-state index < -0.39 is 0 Å². The Hall–Kier alpha value is -1.91. The number of nitrogens with one attached hydrogen (secondary N) is 1. The van der Waals surface area contributed by atoms with E-state index in [0.717, 1.165) is 11.4 Å². The van der Waals surface area contributed by atoms with Gasteiger partial charge in [0, 0.05) is 18.4 Å². The van der Waals surface area contributed by atoms with Crippen molar-refractivity contribution in [3.05, 3.63) is 29.5 Å². The zero-order chi connectivity index (χ0) is 11.0. The number of carbonyl (C=O) groups excluding carboxylic acids is 1. The van der Waals surface area contributed by atoms with Gasteiger partial charge in [-0.2, -0.15) is 0 Å². The minimum atomic E-state index is -0.213. The molecule has 5 heteroatoms. The Morgan fingerprint density at radius 2 is 2.20 bits per heavy atom. The SMILES string of the molecule is CNC(=O)c1ncn2c(C)cc(C)nc12. The average Bonchev–Trinajstić information content (AvgIpc) is 2.60. The minimum Gasteiger partial charge on any atom is -0.354 e. The van der Waals surface area contributed by atoms with E-state index in [1.54, 1.807) is 17.8 Å². The smallest absolute Gasteiger partial charge is 0.273 e. The molecule has 2 aromatic rings. The molecule has 15 heavy (non-hydrogen) atoms. The highest BCUT2D eigenvalue weighted by Gasteiger charge is 2.13. The molecule has 0 aliphatic carbocycles. The standard InChI is InChI=1S/C10H12N4O/c1-6-4-7(2)14-5-12-8(9(14)13-6)10(15)11-3/h4-5H,1-3H3,(H,11,15). The van der Waals surface area contributed by atoms with Gasteiger partial charge >= 0.3 is 0 Å². The first-order valence-electron chi connectivity index (χ1n) is 4.67. The predicted octanol–water partition coefficient (Wildman–Crippen LogP) is 0.706. The van der Waals surface area contributed by atoms with E-state index in [2.05, 4.69) is 15.3 Å². The maximum absolute atomic E-state index is 11.5. The second-order valence-corrected chi connectivity index (χ2v) is 3.40. The number of aryl methyl sites for hydroxylation is 2. The molecule has 0 radical (unpaired) electrons. The van der Waals surface area contributed by atoms with E-state index in [1.165, 1.54) is 0 Å². The summed E-state index contributed by atoms with van der Waals surface area (Å²) in [7, 11) is 1.58. The summed E-state index contributed by atoms with van der Waals surface area (Å²) >= 11 is 0. The summed E-state index contributed by atoms with van der Waals surface area (Å²) in [5.74, 6) is -0.213.